The second-order valence-corrected chi connectivity index (χ2v) is 1.41. The van der Waals surface area contributed by atoms with Crippen LogP contribution in [0.5, 0.6) is 0 Å². The predicted molar refractivity (Wildman–Crippen MR) is 36.1 cm³/mol. The lowest BCUT2D eigenvalue weighted by atomic mass is 10.4. The van der Waals surface area contributed by atoms with Crippen LogP contribution in [0.15, 0.2) is 17.8 Å². The van der Waals surface area contributed by atoms with Crippen molar-refractivity contribution < 1.29 is 14.7 Å². The van der Waals surface area contributed by atoms with E-state index in [2.05, 4.69) is 16.5 Å². The molecule has 1 N–H and O–H groups in total. The molecule has 0 fully saturated rings. The first kappa shape index (κ1) is 8.68. The van der Waals surface area contributed by atoms with Crippen LogP contribution in [0.3, 0.4) is 0 Å². The number of oxime groups is 1. The molecule has 0 rings (SSSR count). The fourth-order valence-corrected chi connectivity index (χ4v) is 0.373. The molecule has 0 aromatic carbocycles. The Bertz CT molecular complexity index is 162. The molecule has 0 radical (unpaired) electrons. The molecule has 4 nitrogen and oxygen atoms in total. The van der Waals surface area contributed by atoms with Crippen molar-refractivity contribution in [3.8, 4) is 0 Å². The molecule has 56 valence electrons. The molecule has 0 aromatic heterocycles. The van der Waals surface area contributed by atoms with Gasteiger partial charge in [0.15, 0.2) is 0 Å². The third-order valence-corrected chi connectivity index (χ3v) is 0.768. The van der Waals surface area contributed by atoms with E-state index in [0.29, 0.717) is 6.61 Å². The van der Waals surface area contributed by atoms with Crippen LogP contribution in [-0.4, -0.2) is 23.5 Å². The van der Waals surface area contributed by atoms with Crippen molar-refractivity contribution in [3.63, 3.8) is 0 Å². The summed E-state index contributed by atoms with van der Waals surface area (Å²) in [6.45, 7) is 5.16. The Morgan fingerprint density at radius 3 is 2.80 bits per heavy atom. The second kappa shape index (κ2) is 4.55. The average molecular weight is 143 g/mol. The van der Waals surface area contributed by atoms with Crippen molar-refractivity contribution in [1.29, 1.82) is 0 Å². The van der Waals surface area contributed by atoms with Crippen molar-refractivity contribution in [2.45, 2.75) is 6.92 Å². The van der Waals surface area contributed by atoms with E-state index in [9.17, 15) is 4.79 Å². The Hall–Kier alpha value is -1.32. The highest BCUT2D eigenvalue weighted by Crippen LogP contribution is 1.84. The zero-order chi connectivity index (χ0) is 7.98. The van der Waals surface area contributed by atoms with E-state index in [1.807, 2.05) is 0 Å². The topological polar surface area (TPSA) is 58.9 Å². The van der Waals surface area contributed by atoms with Gasteiger partial charge in [0.2, 0.25) is 5.78 Å². The number of rotatable bonds is 3. The van der Waals surface area contributed by atoms with Gasteiger partial charge in [-0.05, 0) is 18.2 Å². The van der Waals surface area contributed by atoms with Crippen LogP contribution in [0.1, 0.15) is 6.92 Å². The van der Waals surface area contributed by atoms with Gasteiger partial charge in [0, 0.05) is 0 Å². The summed E-state index contributed by atoms with van der Waals surface area (Å²) in [6, 6.07) is 0. The SMILES string of the molecule is C=CC(=O)/C(=N/O)OCC. The van der Waals surface area contributed by atoms with E-state index in [0.717, 1.165) is 6.08 Å². The highest BCUT2D eigenvalue weighted by molar-refractivity contribution is 6.40. The summed E-state index contributed by atoms with van der Waals surface area (Å²) in [7, 11) is 0. The van der Waals surface area contributed by atoms with E-state index in [-0.39, 0.29) is 5.90 Å². The number of carbonyl (C=O) groups excluding carboxylic acids is 1. The third kappa shape index (κ3) is 2.30. The van der Waals surface area contributed by atoms with Gasteiger partial charge in [0.25, 0.3) is 5.90 Å². The van der Waals surface area contributed by atoms with Crippen LogP contribution in [0, 0.1) is 0 Å². The van der Waals surface area contributed by atoms with Gasteiger partial charge in [0.05, 0.1) is 6.61 Å². The summed E-state index contributed by atoms with van der Waals surface area (Å²) in [5, 5.41) is 10.8. The second-order valence-electron chi connectivity index (χ2n) is 1.41. The van der Waals surface area contributed by atoms with Gasteiger partial charge in [0.1, 0.15) is 0 Å². The van der Waals surface area contributed by atoms with Crippen LogP contribution >= 0.6 is 0 Å². The predicted octanol–water partition coefficient (Wildman–Crippen LogP) is 0.566. The largest absolute Gasteiger partial charge is 0.473 e. The van der Waals surface area contributed by atoms with Gasteiger partial charge < -0.3 is 9.94 Å². The van der Waals surface area contributed by atoms with E-state index in [1.165, 1.54) is 0 Å². The van der Waals surface area contributed by atoms with Crippen molar-refractivity contribution >= 4 is 11.7 Å². The lowest BCUT2D eigenvalue weighted by molar-refractivity contribution is -0.110. The molecule has 0 spiro atoms. The molecule has 0 saturated heterocycles. The molecule has 0 atom stereocenters. The standard InChI is InChI=1S/C6H9NO3/c1-3-5(8)6(7-9)10-4-2/h3,9H,1,4H2,2H3/b7-6-. The van der Waals surface area contributed by atoms with Crippen LogP contribution < -0.4 is 0 Å². The van der Waals surface area contributed by atoms with E-state index in [4.69, 9.17) is 5.21 Å². The normalized spacial score (nSPS) is 10.7. The molecule has 0 aliphatic heterocycles. The summed E-state index contributed by atoms with van der Waals surface area (Å²) < 4.78 is 4.62. The highest BCUT2D eigenvalue weighted by atomic mass is 16.5. The first-order valence-electron chi connectivity index (χ1n) is 2.77. The molecule has 0 bridgehead atoms. The van der Waals surface area contributed by atoms with Crippen molar-refractivity contribution in [3.05, 3.63) is 12.7 Å². The smallest absolute Gasteiger partial charge is 0.298 e. The van der Waals surface area contributed by atoms with E-state index >= 15 is 0 Å². The number of nitrogens with zero attached hydrogens (tertiary/aromatic N) is 1. The third-order valence-electron chi connectivity index (χ3n) is 0.768. The molecule has 0 aliphatic rings. The zero-order valence-electron chi connectivity index (χ0n) is 5.70. The van der Waals surface area contributed by atoms with Gasteiger partial charge in [-0.25, -0.2) is 0 Å². The minimum absolute atomic E-state index is 0.291. The molecule has 10 heavy (non-hydrogen) atoms. The Labute approximate surface area is 58.8 Å². The minimum Gasteiger partial charge on any atom is -0.473 e. The average Bonchev–Trinajstić information content (AvgIpc) is 1.99. The molecular formula is C6H9NO3. The monoisotopic (exact) mass is 143 g/mol. The first-order valence-corrected chi connectivity index (χ1v) is 2.77. The number of hydrogen-bond donors (Lipinski definition) is 1. The maximum absolute atomic E-state index is 10.6. The summed E-state index contributed by atoms with van der Waals surface area (Å²) >= 11 is 0. The zero-order valence-corrected chi connectivity index (χ0v) is 5.70. The van der Waals surface area contributed by atoms with Gasteiger partial charge in [-0.2, -0.15) is 0 Å². The lowest BCUT2D eigenvalue weighted by Gasteiger charge is -1.98. The van der Waals surface area contributed by atoms with Crippen LogP contribution in [0.2, 0.25) is 0 Å². The molecule has 4 heteroatoms. The molecule has 0 saturated carbocycles. The number of ether oxygens (including phenoxy) is 1. The van der Waals surface area contributed by atoms with Gasteiger partial charge in [-0.1, -0.05) is 6.58 Å². The Kier molecular flexibility index (Phi) is 3.95. The van der Waals surface area contributed by atoms with Gasteiger partial charge in [-0.3, -0.25) is 4.79 Å². The molecule has 0 aliphatic carbocycles. The molecule has 0 amide bonds. The Morgan fingerprint density at radius 2 is 2.50 bits per heavy atom. The van der Waals surface area contributed by atoms with E-state index < -0.39 is 5.78 Å². The van der Waals surface area contributed by atoms with E-state index in [1.54, 1.807) is 6.92 Å². The summed E-state index contributed by atoms with van der Waals surface area (Å²) in [5.74, 6) is -0.846. The summed E-state index contributed by atoms with van der Waals surface area (Å²) in [6.07, 6.45) is 1.02. The minimum atomic E-state index is -0.524. The van der Waals surface area contributed by atoms with Crippen LogP contribution in [0.25, 0.3) is 0 Å². The lowest BCUT2D eigenvalue weighted by Crippen LogP contribution is -2.14. The quantitative estimate of drug-likeness (QED) is 0.206. The fraction of sp³-hybridized carbons (Fsp3) is 0.333. The van der Waals surface area contributed by atoms with Gasteiger partial charge >= 0.3 is 0 Å². The van der Waals surface area contributed by atoms with Gasteiger partial charge in [-0.15, -0.1) is 0 Å². The summed E-state index contributed by atoms with van der Waals surface area (Å²) in [5.41, 5.74) is 0. The van der Waals surface area contributed by atoms with Crippen LogP contribution in [0.4, 0.5) is 0 Å². The Balaban J connectivity index is 4.08. The summed E-state index contributed by atoms with van der Waals surface area (Å²) in [4.78, 5) is 10.6. The maximum Gasteiger partial charge on any atom is 0.298 e. The Morgan fingerprint density at radius 1 is 1.90 bits per heavy atom. The molecular weight excluding hydrogens is 134 g/mol. The fourth-order valence-electron chi connectivity index (χ4n) is 0.373. The molecule has 0 heterocycles. The highest BCUT2D eigenvalue weighted by Gasteiger charge is 2.07. The first-order chi connectivity index (χ1) is 4.76. The van der Waals surface area contributed by atoms with Crippen molar-refractivity contribution in [1.82, 2.24) is 0 Å². The van der Waals surface area contributed by atoms with Crippen molar-refractivity contribution in [2.24, 2.45) is 5.16 Å². The number of hydrogen-bond acceptors (Lipinski definition) is 4. The molecule has 0 unspecified atom stereocenters. The van der Waals surface area contributed by atoms with Crippen LogP contribution in [-0.2, 0) is 9.53 Å². The van der Waals surface area contributed by atoms with Crippen molar-refractivity contribution in [2.75, 3.05) is 6.61 Å². The number of ketones is 1. The number of carbonyl (C=O) groups is 1. The molecule has 0 aromatic rings. The maximum atomic E-state index is 10.6.